The zero-order valence-electron chi connectivity index (χ0n) is 25.4. The van der Waals surface area contributed by atoms with Crippen molar-refractivity contribution in [1.82, 2.24) is 24.9 Å². The molecule has 6 rings (SSSR count). The lowest BCUT2D eigenvalue weighted by atomic mass is 9.91. The van der Waals surface area contributed by atoms with E-state index in [-0.39, 0.29) is 36.2 Å². The first-order valence-corrected chi connectivity index (χ1v) is 17.4. The molecule has 0 radical (unpaired) electrons. The average Bonchev–Trinajstić information content (AvgIpc) is 3.52. The highest BCUT2D eigenvalue weighted by Gasteiger charge is 2.38. The fourth-order valence-electron chi connectivity index (χ4n) is 5.36. The van der Waals surface area contributed by atoms with Gasteiger partial charge in [0.05, 0.1) is 23.7 Å². The summed E-state index contributed by atoms with van der Waals surface area (Å²) in [7, 11) is -1.80. The van der Waals surface area contributed by atoms with Crippen LogP contribution >= 0.6 is 11.8 Å². The van der Waals surface area contributed by atoms with Crippen LogP contribution in [0.15, 0.2) is 113 Å². The summed E-state index contributed by atoms with van der Waals surface area (Å²) in [6.45, 7) is 2.28. The largest absolute Gasteiger partial charge is 0.392 e. The molecule has 10 nitrogen and oxygen atoms in total. The molecule has 5 aromatic rings. The Morgan fingerprint density at radius 1 is 0.870 bits per heavy atom. The first kappa shape index (κ1) is 32.0. The summed E-state index contributed by atoms with van der Waals surface area (Å²) in [4.78, 5) is 0.235. The molecule has 4 aromatic carbocycles. The Kier molecular flexibility index (Phi) is 9.92. The highest BCUT2D eigenvalue weighted by atomic mass is 32.2. The van der Waals surface area contributed by atoms with E-state index in [1.54, 1.807) is 46.8 Å². The Morgan fingerprint density at radius 2 is 1.61 bits per heavy atom. The number of ether oxygens (including phenoxy) is 2. The van der Waals surface area contributed by atoms with Crippen LogP contribution < -0.4 is 4.72 Å². The Bertz CT molecular complexity index is 1850. The van der Waals surface area contributed by atoms with Gasteiger partial charge in [-0.1, -0.05) is 104 Å². The van der Waals surface area contributed by atoms with Crippen LogP contribution in [0.5, 0.6) is 0 Å². The van der Waals surface area contributed by atoms with Crippen molar-refractivity contribution in [2.45, 2.75) is 48.6 Å². The molecule has 1 saturated heterocycles. The van der Waals surface area contributed by atoms with E-state index in [1.807, 2.05) is 79.8 Å². The number of aromatic nitrogens is 4. The molecule has 1 fully saturated rings. The van der Waals surface area contributed by atoms with Gasteiger partial charge in [0.25, 0.3) is 0 Å². The Balaban J connectivity index is 1.19. The second-order valence-electron chi connectivity index (χ2n) is 11.2. The van der Waals surface area contributed by atoms with Gasteiger partial charge >= 0.3 is 0 Å². The van der Waals surface area contributed by atoms with Crippen molar-refractivity contribution in [3.05, 3.63) is 125 Å². The second-order valence-corrected chi connectivity index (χ2v) is 13.9. The van der Waals surface area contributed by atoms with E-state index in [4.69, 9.17) is 9.47 Å². The highest BCUT2D eigenvalue weighted by Crippen LogP contribution is 2.43. The van der Waals surface area contributed by atoms with Crippen LogP contribution in [0.25, 0.3) is 11.1 Å². The van der Waals surface area contributed by atoms with Crippen LogP contribution in [0.2, 0.25) is 0 Å². The smallest absolute Gasteiger partial charge is 0.240 e. The highest BCUT2D eigenvalue weighted by molar-refractivity contribution is 7.99. The van der Waals surface area contributed by atoms with Gasteiger partial charge in [0, 0.05) is 30.8 Å². The molecule has 4 atom stereocenters. The quantitative estimate of drug-likeness (QED) is 0.179. The van der Waals surface area contributed by atoms with Crippen molar-refractivity contribution in [1.29, 1.82) is 0 Å². The number of thioether (sulfide) groups is 1. The normalized spacial score (nSPS) is 20.1. The Morgan fingerprint density at radius 3 is 2.30 bits per heavy atom. The minimum atomic E-state index is -3.61. The molecule has 0 amide bonds. The van der Waals surface area contributed by atoms with E-state index >= 15 is 0 Å². The van der Waals surface area contributed by atoms with E-state index in [9.17, 15) is 13.5 Å². The summed E-state index contributed by atoms with van der Waals surface area (Å²) in [6.07, 6.45) is -0.987. The average molecular weight is 658 g/mol. The molecular formula is C34H35N5O5S2. The molecule has 0 bridgehead atoms. The van der Waals surface area contributed by atoms with Crippen molar-refractivity contribution in [2.24, 2.45) is 13.0 Å². The molecule has 2 N–H and O–H groups in total. The minimum Gasteiger partial charge on any atom is -0.392 e. The van der Waals surface area contributed by atoms with Crippen LogP contribution in [-0.4, -0.2) is 45.6 Å². The fraction of sp³-hybridized carbons (Fsp3) is 0.265. The van der Waals surface area contributed by atoms with Crippen LogP contribution in [0.3, 0.4) is 0 Å². The molecule has 1 aromatic heterocycles. The molecule has 1 aliphatic rings. The number of hydrogen-bond donors (Lipinski definition) is 2. The number of aliphatic hydroxyl groups is 1. The van der Waals surface area contributed by atoms with Crippen molar-refractivity contribution < 1.29 is 23.0 Å². The van der Waals surface area contributed by atoms with Gasteiger partial charge in [-0.05, 0) is 56.4 Å². The van der Waals surface area contributed by atoms with Crippen molar-refractivity contribution in [3.63, 3.8) is 0 Å². The number of hydrogen-bond acceptors (Lipinski definition) is 9. The minimum absolute atomic E-state index is 0.0172. The third-order valence-corrected chi connectivity index (χ3v) is 10.6. The fourth-order valence-corrected chi connectivity index (χ4v) is 7.42. The summed E-state index contributed by atoms with van der Waals surface area (Å²) >= 11 is 1.54. The zero-order chi connectivity index (χ0) is 32.1. The topological polar surface area (TPSA) is 128 Å². The summed E-state index contributed by atoms with van der Waals surface area (Å²) in [5.74, 6) is 0.672. The van der Waals surface area contributed by atoms with E-state index in [1.165, 1.54) is 0 Å². The molecule has 238 valence electrons. The van der Waals surface area contributed by atoms with Gasteiger partial charge in [-0.3, -0.25) is 0 Å². The lowest BCUT2D eigenvalue weighted by Gasteiger charge is -2.41. The number of aryl methyl sites for hydroxylation is 1. The third kappa shape index (κ3) is 7.38. The SMILES string of the molecule is C[C@@H]1[C@H](CSc2nnnn2C)O[C@H](c2ccc(-c3cccc(CNS(=O)(=O)c4ccccc4)c3)cc2)O[C@@H]1c1ccc(CO)cc1. The predicted molar refractivity (Wildman–Crippen MR) is 175 cm³/mol. The Hall–Kier alpha value is -3.91. The molecule has 46 heavy (non-hydrogen) atoms. The number of tetrazole rings is 1. The molecule has 1 aliphatic heterocycles. The van der Waals surface area contributed by atoms with Gasteiger partial charge in [0.15, 0.2) is 6.29 Å². The number of sulfonamides is 1. The van der Waals surface area contributed by atoms with Crippen molar-refractivity contribution >= 4 is 21.8 Å². The maximum atomic E-state index is 12.7. The molecule has 0 aliphatic carbocycles. The molecule has 2 heterocycles. The third-order valence-electron chi connectivity index (χ3n) is 8.04. The number of nitrogens with one attached hydrogen (secondary N) is 1. The van der Waals surface area contributed by atoms with E-state index in [0.717, 1.165) is 33.4 Å². The van der Waals surface area contributed by atoms with Crippen molar-refractivity contribution in [2.75, 3.05) is 5.75 Å². The molecule has 0 spiro atoms. The van der Waals surface area contributed by atoms with E-state index in [0.29, 0.717) is 10.9 Å². The maximum absolute atomic E-state index is 12.7. The number of aliphatic hydroxyl groups excluding tert-OH is 1. The molecule has 0 unspecified atom stereocenters. The molecular weight excluding hydrogens is 623 g/mol. The first-order valence-electron chi connectivity index (χ1n) is 14.9. The first-order chi connectivity index (χ1) is 22.3. The molecule has 0 saturated carbocycles. The number of nitrogens with zero attached hydrogens (tertiary/aromatic N) is 4. The van der Waals surface area contributed by atoms with Crippen LogP contribution in [0, 0.1) is 5.92 Å². The van der Waals surface area contributed by atoms with E-state index < -0.39 is 16.3 Å². The lowest BCUT2D eigenvalue weighted by Crippen LogP contribution is -2.38. The van der Waals surface area contributed by atoms with Gasteiger partial charge in [-0.15, -0.1) is 5.10 Å². The monoisotopic (exact) mass is 657 g/mol. The summed E-state index contributed by atoms with van der Waals surface area (Å²) in [5, 5.41) is 22.0. The van der Waals surface area contributed by atoms with Crippen LogP contribution in [-0.2, 0) is 39.7 Å². The van der Waals surface area contributed by atoms with Gasteiger partial charge in [0.1, 0.15) is 0 Å². The zero-order valence-corrected chi connectivity index (χ0v) is 27.1. The van der Waals surface area contributed by atoms with Crippen LogP contribution in [0.1, 0.15) is 41.6 Å². The van der Waals surface area contributed by atoms with E-state index in [2.05, 4.69) is 27.2 Å². The van der Waals surface area contributed by atoms with Crippen LogP contribution in [0.4, 0.5) is 0 Å². The lowest BCUT2D eigenvalue weighted by molar-refractivity contribution is -0.268. The van der Waals surface area contributed by atoms with Gasteiger partial charge in [-0.2, -0.15) is 0 Å². The molecule has 12 heteroatoms. The number of benzene rings is 4. The Labute approximate surface area is 272 Å². The predicted octanol–water partition coefficient (Wildman–Crippen LogP) is 5.43. The summed E-state index contributed by atoms with van der Waals surface area (Å²) < 4.78 is 42.9. The van der Waals surface area contributed by atoms with Gasteiger partial charge in [-0.25, -0.2) is 17.8 Å². The second kappa shape index (κ2) is 14.2. The van der Waals surface area contributed by atoms with Gasteiger partial charge < -0.3 is 14.6 Å². The van der Waals surface area contributed by atoms with Crippen molar-refractivity contribution in [3.8, 4) is 11.1 Å². The van der Waals surface area contributed by atoms with Gasteiger partial charge in [0.2, 0.25) is 15.2 Å². The number of rotatable bonds is 11. The summed E-state index contributed by atoms with van der Waals surface area (Å²) in [6, 6.07) is 32.0. The summed E-state index contributed by atoms with van der Waals surface area (Å²) in [5.41, 5.74) is 5.55. The maximum Gasteiger partial charge on any atom is 0.240 e. The standard InChI is InChI=1S/C34H35N5O5S2/c1-23-31(22-45-34-36-37-38-39(34)2)43-33(44-32(23)27-13-11-24(21-40)12-14-27)28-17-15-26(16-18-28)29-8-6-7-25(19-29)20-35-46(41,42)30-9-4-3-5-10-30/h3-19,23,31-33,35,40H,20-22H2,1-2H3/t23-,31+,32+,33+/m1/s1.